The molecule has 1 N–H and O–H groups in total. The Morgan fingerprint density at radius 2 is 1.30 bits per heavy atom. The normalized spacial score (nSPS) is 10.1. The van der Waals surface area contributed by atoms with Gasteiger partial charge in [0.15, 0.2) is 0 Å². The molecule has 0 bridgehead atoms. The van der Waals surface area contributed by atoms with Gasteiger partial charge in [0.2, 0.25) is 6.41 Å². The Bertz CT molecular complexity index is 264. The lowest BCUT2D eigenvalue weighted by molar-refractivity contribution is -0.134. The minimum Gasteiger partial charge on any atom is -0.377 e. The van der Waals surface area contributed by atoms with E-state index in [0.717, 1.165) is 5.92 Å². The van der Waals surface area contributed by atoms with Crippen LogP contribution in [0.15, 0.2) is 0 Å². The van der Waals surface area contributed by atoms with Crippen LogP contribution >= 0.6 is 0 Å². The van der Waals surface area contributed by atoms with Gasteiger partial charge in [-0.2, -0.15) is 4.39 Å². The van der Waals surface area contributed by atoms with Crippen molar-refractivity contribution in [3.05, 3.63) is 0 Å². The first-order valence-corrected chi connectivity index (χ1v) is 7.67. The van der Waals surface area contributed by atoms with Gasteiger partial charge in [0, 0.05) is 6.54 Å². The summed E-state index contributed by atoms with van der Waals surface area (Å²) in [6.07, 6.45) is 0.615. The van der Waals surface area contributed by atoms with E-state index in [0.29, 0.717) is 46.0 Å². The molecule has 0 unspecified atom stereocenters. The highest BCUT2D eigenvalue weighted by Gasteiger charge is 1.97. The molecular weight excluding hydrogens is 309 g/mol. The van der Waals surface area contributed by atoms with Crippen LogP contribution in [0.5, 0.6) is 0 Å². The summed E-state index contributed by atoms with van der Waals surface area (Å²) in [4.78, 5) is 19.8. The van der Waals surface area contributed by atoms with Crippen molar-refractivity contribution in [2.75, 3.05) is 59.4 Å². The van der Waals surface area contributed by atoms with E-state index in [-0.39, 0.29) is 13.2 Å². The maximum Gasteiger partial charge on any atom is 0.326 e. The van der Waals surface area contributed by atoms with Crippen LogP contribution in [0.1, 0.15) is 20.8 Å². The maximum absolute atomic E-state index is 11.7. The third-order valence-corrected chi connectivity index (χ3v) is 1.81. The molecule has 23 heavy (non-hydrogen) atoms. The van der Waals surface area contributed by atoms with Crippen LogP contribution in [0.4, 0.5) is 4.39 Å². The predicted octanol–water partition coefficient (Wildman–Crippen LogP) is 0.957. The molecular formula is C15H30FNO6. The standard InChI is InChI=1S/C11H20FNO6.C4H10/c12-11(15)9-19-8-7-18-6-5-17-4-3-16-2-1-13-10-14;1-4(2)3/h10H,1-9H2,(H,13,14);4H,1-3H3. The third-order valence-electron chi connectivity index (χ3n) is 1.81. The van der Waals surface area contributed by atoms with Gasteiger partial charge < -0.3 is 24.3 Å². The number of ether oxygens (including phenoxy) is 4. The van der Waals surface area contributed by atoms with Crippen molar-refractivity contribution < 1.29 is 32.9 Å². The van der Waals surface area contributed by atoms with Gasteiger partial charge in [0.1, 0.15) is 6.61 Å². The number of nitrogens with one attached hydrogen (secondary N) is 1. The minimum atomic E-state index is -1.49. The highest BCUT2D eigenvalue weighted by Crippen LogP contribution is 1.83. The Morgan fingerprint density at radius 1 is 0.913 bits per heavy atom. The summed E-state index contributed by atoms with van der Waals surface area (Å²) >= 11 is 0. The lowest BCUT2D eigenvalue weighted by Crippen LogP contribution is -2.19. The first-order valence-electron chi connectivity index (χ1n) is 7.67. The summed E-state index contributed by atoms with van der Waals surface area (Å²) < 4.78 is 31.8. The lowest BCUT2D eigenvalue weighted by Gasteiger charge is -2.06. The Morgan fingerprint density at radius 3 is 1.70 bits per heavy atom. The number of rotatable bonds is 15. The summed E-state index contributed by atoms with van der Waals surface area (Å²) in [6.45, 7) is 9.04. The van der Waals surface area contributed by atoms with E-state index in [1.165, 1.54) is 0 Å². The molecule has 0 radical (unpaired) electrons. The fourth-order valence-corrected chi connectivity index (χ4v) is 1.00. The summed E-state index contributed by atoms with van der Waals surface area (Å²) in [6, 6.07) is -1.49. The zero-order valence-electron chi connectivity index (χ0n) is 14.3. The first-order chi connectivity index (χ1) is 11.0. The van der Waals surface area contributed by atoms with Gasteiger partial charge >= 0.3 is 6.04 Å². The van der Waals surface area contributed by atoms with Gasteiger partial charge in [-0.15, -0.1) is 0 Å². The fourth-order valence-electron chi connectivity index (χ4n) is 1.00. The molecule has 0 atom stereocenters. The van der Waals surface area contributed by atoms with E-state index in [9.17, 15) is 14.0 Å². The second-order valence-electron chi connectivity index (χ2n) is 5.05. The Labute approximate surface area is 137 Å². The predicted molar refractivity (Wildman–Crippen MR) is 84.0 cm³/mol. The van der Waals surface area contributed by atoms with Crippen LogP contribution in [-0.2, 0) is 28.5 Å². The summed E-state index contributed by atoms with van der Waals surface area (Å²) in [5.74, 6) is 0.833. The van der Waals surface area contributed by atoms with E-state index in [2.05, 4.69) is 30.8 Å². The topological polar surface area (TPSA) is 83.1 Å². The number of carbonyl (C=O) groups is 2. The number of hydrogen-bond acceptors (Lipinski definition) is 6. The second kappa shape index (κ2) is 20.9. The molecule has 0 aliphatic carbocycles. The molecule has 1 amide bonds. The van der Waals surface area contributed by atoms with E-state index in [4.69, 9.17) is 14.2 Å². The maximum atomic E-state index is 11.7. The average molecular weight is 339 g/mol. The van der Waals surface area contributed by atoms with E-state index in [1.54, 1.807) is 0 Å². The Hall–Kier alpha value is -1.09. The molecule has 0 aromatic carbocycles. The molecule has 0 saturated carbocycles. The van der Waals surface area contributed by atoms with Gasteiger partial charge in [-0.3, -0.25) is 9.59 Å². The highest BCUT2D eigenvalue weighted by atomic mass is 19.1. The SMILES string of the molecule is CC(C)C.O=CNCCOCCOCCOCCOCC(=O)F. The highest BCUT2D eigenvalue weighted by molar-refractivity contribution is 5.69. The van der Waals surface area contributed by atoms with Crippen molar-refractivity contribution in [2.45, 2.75) is 20.8 Å². The first kappa shape index (κ1) is 24.2. The molecule has 0 fully saturated rings. The molecule has 0 spiro atoms. The smallest absolute Gasteiger partial charge is 0.326 e. The average Bonchev–Trinajstić information content (AvgIpc) is 2.47. The van der Waals surface area contributed by atoms with E-state index < -0.39 is 12.6 Å². The minimum absolute atomic E-state index is 0.169. The van der Waals surface area contributed by atoms with Crippen LogP contribution in [0.2, 0.25) is 0 Å². The molecule has 0 aliphatic heterocycles. The van der Waals surface area contributed by atoms with Gasteiger partial charge in [0.05, 0.1) is 46.2 Å². The van der Waals surface area contributed by atoms with Gasteiger partial charge in [-0.05, 0) is 5.92 Å². The van der Waals surface area contributed by atoms with Crippen LogP contribution in [0, 0.1) is 5.92 Å². The monoisotopic (exact) mass is 339 g/mol. The molecule has 0 aromatic rings. The Kier molecular flexibility index (Phi) is 22.0. The molecule has 138 valence electrons. The molecule has 8 heteroatoms. The lowest BCUT2D eigenvalue weighted by atomic mass is 10.3. The van der Waals surface area contributed by atoms with Gasteiger partial charge in [-0.1, -0.05) is 20.8 Å². The molecule has 7 nitrogen and oxygen atoms in total. The number of amides is 1. The van der Waals surface area contributed by atoms with Crippen molar-refractivity contribution in [1.82, 2.24) is 5.32 Å². The van der Waals surface area contributed by atoms with Crippen LogP contribution < -0.4 is 5.32 Å². The fraction of sp³-hybridized carbons (Fsp3) is 0.867. The van der Waals surface area contributed by atoms with E-state index >= 15 is 0 Å². The largest absolute Gasteiger partial charge is 0.377 e. The van der Waals surface area contributed by atoms with E-state index in [1.807, 2.05) is 0 Å². The van der Waals surface area contributed by atoms with Crippen molar-refractivity contribution >= 4 is 12.4 Å². The van der Waals surface area contributed by atoms with Crippen LogP contribution in [0.25, 0.3) is 0 Å². The van der Waals surface area contributed by atoms with Crippen molar-refractivity contribution in [3.63, 3.8) is 0 Å². The molecule has 0 saturated heterocycles. The molecule has 0 aromatic heterocycles. The number of carbonyl (C=O) groups excluding carboxylic acids is 2. The quantitative estimate of drug-likeness (QED) is 0.272. The van der Waals surface area contributed by atoms with Gasteiger partial charge in [-0.25, -0.2) is 0 Å². The number of hydrogen-bond donors (Lipinski definition) is 1. The summed E-state index contributed by atoms with van der Waals surface area (Å²) in [5, 5.41) is 2.47. The third kappa shape index (κ3) is 33.6. The molecule has 0 heterocycles. The van der Waals surface area contributed by atoms with Crippen molar-refractivity contribution in [2.24, 2.45) is 5.92 Å². The zero-order chi connectivity index (χ0) is 17.8. The second-order valence-corrected chi connectivity index (χ2v) is 5.05. The zero-order valence-corrected chi connectivity index (χ0v) is 14.3. The van der Waals surface area contributed by atoms with Crippen LogP contribution in [-0.4, -0.2) is 71.8 Å². The molecule has 0 aliphatic rings. The van der Waals surface area contributed by atoms with Crippen molar-refractivity contribution in [3.8, 4) is 0 Å². The van der Waals surface area contributed by atoms with Crippen LogP contribution in [0.3, 0.4) is 0 Å². The number of halogens is 1. The van der Waals surface area contributed by atoms with Gasteiger partial charge in [0.25, 0.3) is 0 Å². The Balaban J connectivity index is 0. The van der Waals surface area contributed by atoms with Crippen molar-refractivity contribution in [1.29, 1.82) is 0 Å². The summed E-state index contributed by atoms with van der Waals surface area (Å²) in [7, 11) is 0. The molecule has 0 rings (SSSR count). The summed E-state index contributed by atoms with van der Waals surface area (Å²) in [5.41, 5.74) is 0.